The predicted octanol–water partition coefficient (Wildman–Crippen LogP) is 3.93. The number of rotatable bonds is 6. The summed E-state index contributed by atoms with van der Waals surface area (Å²) in [5.74, 6) is -0.252. The number of unbranched alkanes of at least 4 members (excludes halogenated alkanes) is 2. The molecule has 144 valence electrons. The van der Waals surface area contributed by atoms with Gasteiger partial charge in [-0.1, -0.05) is 48.6 Å². The molecular formula is C23H18N2O4. The highest BCUT2D eigenvalue weighted by molar-refractivity contribution is 6.11. The minimum absolute atomic E-state index is 0.307. The van der Waals surface area contributed by atoms with Crippen LogP contribution in [0.25, 0.3) is 0 Å². The third-order valence-electron chi connectivity index (χ3n) is 4.37. The monoisotopic (exact) mass is 386 g/mol. The Kier molecular flexibility index (Phi) is 5.42. The molecule has 0 atom stereocenters. The molecule has 2 aromatic carbocycles. The number of esters is 2. The number of hydrogen-bond donors (Lipinski definition) is 0. The van der Waals surface area contributed by atoms with Crippen LogP contribution in [-0.2, 0) is 19.1 Å². The molecule has 0 saturated heterocycles. The molecule has 2 aliphatic rings. The van der Waals surface area contributed by atoms with Gasteiger partial charge in [0.1, 0.15) is 11.4 Å². The van der Waals surface area contributed by atoms with Gasteiger partial charge >= 0.3 is 11.9 Å². The number of carbonyl (C=O) groups excluding carboxylic acids is 2. The van der Waals surface area contributed by atoms with E-state index in [1.807, 2.05) is 60.7 Å². The van der Waals surface area contributed by atoms with Crippen LogP contribution in [0.4, 0.5) is 0 Å². The number of hydrogen-bond acceptors (Lipinski definition) is 6. The first-order valence-electron chi connectivity index (χ1n) is 9.33. The van der Waals surface area contributed by atoms with Crippen LogP contribution in [0.2, 0.25) is 0 Å². The van der Waals surface area contributed by atoms with Gasteiger partial charge in [-0.2, -0.15) is 0 Å². The summed E-state index contributed by atoms with van der Waals surface area (Å²) in [6.07, 6.45) is 5.50. The van der Waals surface area contributed by atoms with E-state index >= 15 is 0 Å². The Bertz CT molecular complexity index is 965. The maximum atomic E-state index is 11.9. The Morgan fingerprint density at radius 1 is 0.655 bits per heavy atom. The Labute approximate surface area is 167 Å². The number of nitrogens with zero attached hydrogens (tertiary/aromatic N) is 2. The van der Waals surface area contributed by atoms with Crippen LogP contribution >= 0.6 is 0 Å². The fourth-order valence-electron chi connectivity index (χ4n) is 2.90. The van der Waals surface area contributed by atoms with E-state index in [0.29, 0.717) is 36.0 Å². The highest BCUT2D eigenvalue weighted by Crippen LogP contribution is 2.19. The van der Waals surface area contributed by atoms with Crippen LogP contribution < -0.4 is 0 Å². The lowest BCUT2D eigenvalue weighted by molar-refractivity contribution is -0.130. The van der Waals surface area contributed by atoms with Gasteiger partial charge in [0.05, 0.1) is 0 Å². The van der Waals surface area contributed by atoms with Gasteiger partial charge in [-0.15, -0.1) is 0 Å². The van der Waals surface area contributed by atoms with Crippen molar-refractivity contribution in [1.82, 2.24) is 0 Å². The molecule has 0 amide bonds. The number of aliphatic imine (C=N–C) groups is 2. The van der Waals surface area contributed by atoms with Crippen molar-refractivity contribution in [2.75, 3.05) is 0 Å². The molecule has 6 heteroatoms. The quantitative estimate of drug-likeness (QED) is 0.428. The summed E-state index contributed by atoms with van der Waals surface area (Å²) in [5.41, 5.74) is 2.14. The van der Waals surface area contributed by atoms with Crippen molar-refractivity contribution in [3.8, 4) is 0 Å². The molecule has 2 heterocycles. The predicted molar refractivity (Wildman–Crippen MR) is 108 cm³/mol. The fraction of sp³-hybridized carbons (Fsp3) is 0.130. The van der Waals surface area contributed by atoms with Gasteiger partial charge in [-0.05, 0) is 43.5 Å². The summed E-state index contributed by atoms with van der Waals surface area (Å²) in [6.45, 7) is 0. The summed E-state index contributed by atoms with van der Waals surface area (Å²) < 4.78 is 10.4. The molecule has 2 aromatic rings. The van der Waals surface area contributed by atoms with E-state index in [0.717, 1.165) is 17.5 Å². The fourth-order valence-corrected chi connectivity index (χ4v) is 2.90. The molecule has 0 aromatic heterocycles. The standard InChI is InChI=1S/C23H18N2O4/c26-22-18(24-20(28-22)16-10-4-1-5-11-16)14-8-3-9-15-19-23(27)29-21(25-19)17-12-6-2-7-13-17/h1-2,4-7,10-15H,3,8-9H2/b18-14-,19-15+. The minimum Gasteiger partial charge on any atom is -0.402 e. The summed E-state index contributed by atoms with van der Waals surface area (Å²) in [4.78, 5) is 32.4. The SMILES string of the molecule is O=C1OC(c2ccccc2)=N/C1=C\CCC/C=C1/N=C(c2ccccc2)OC1=O. The summed E-state index contributed by atoms with van der Waals surface area (Å²) in [6, 6.07) is 18.6. The van der Waals surface area contributed by atoms with Gasteiger partial charge in [0.15, 0.2) is 0 Å². The second-order valence-corrected chi connectivity index (χ2v) is 6.45. The second kappa shape index (κ2) is 8.48. The molecule has 29 heavy (non-hydrogen) atoms. The van der Waals surface area contributed by atoms with E-state index in [2.05, 4.69) is 9.98 Å². The molecule has 0 fully saturated rings. The van der Waals surface area contributed by atoms with Crippen molar-refractivity contribution in [3.05, 3.63) is 95.3 Å². The largest absolute Gasteiger partial charge is 0.402 e. The van der Waals surface area contributed by atoms with Crippen molar-refractivity contribution in [1.29, 1.82) is 0 Å². The third kappa shape index (κ3) is 4.38. The van der Waals surface area contributed by atoms with Crippen LogP contribution in [0.3, 0.4) is 0 Å². The lowest BCUT2D eigenvalue weighted by Gasteiger charge is -1.97. The minimum atomic E-state index is -0.446. The lowest BCUT2D eigenvalue weighted by atomic mass is 10.2. The average Bonchev–Trinajstić information content (AvgIpc) is 3.32. The van der Waals surface area contributed by atoms with E-state index in [-0.39, 0.29) is 0 Å². The average molecular weight is 386 g/mol. The third-order valence-corrected chi connectivity index (χ3v) is 4.37. The van der Waals surface area contributed by atoms with E-state index < -0.39 is 11.9 Å². The number of ether oxygens (including phenoxy) is 2. The highest BCUT2D eigenvalue weighted by atomic mass is 16.6. The Hall–Kier alpha value is -3.80. The van der Waals surface area contributed by atoms with Crippen LogP contribution in [0.15, 0.2) is 94.2 Å². The van der Waals surface area contributed by atoms with Gasteiger partial charge in [0.25, 0.3) is 0 Å². The number of allylic oxidation sites excluding steroid dienone is 2. The van der Waals surface area contributed by atoms with Crippen LogP contribution in [0.1, 0.15) is 30.4 Å². The molecule has 0 bridgehead atoms. The topological polar surface area (TPSA) is 77.3 Å². The van der Waals surface area contributed by atoms with Crippen molar-refractivity contribution in [2.45, 2.75) is 19.3 Å². The van der Waals surface area contributed by atoms with Crippen LogP contribution in [0, 0.1) is 0 Å². The number of benzene rings is 2. The summed E-state index contributed by atoms with van der Waals surface area (Å²) >= 11 is 0. The zero-order valence-electron chi connectivity index (χ0n) is 15.6. The molecule has 0 spiro atoms. The summed E-state index contributed by atoms with van der Waals surface area (Å²) in [5, 5.41) is 0. The lowest BCUT2D eigenvalue weighted by Crippen LogP contribution is -2.05. The Morgan fingerprint density at radius 3 is 1.48 bits per heavy atom. The van der Waals surface area contributed by atoms with Gasteiger partial charge in [0, 0.05) is 11.1 Å². The van der Waals surface area contributed by atoms with Crippen LogP contribution in [-0.4, -0.2) is 23.7 Å². The zero-order chi connectivity index (χ0) is 20.1. The first kappa shape index (κ1) is 18.6. The molecular weight excluding hydrogens is 368 g/mol. The van der Waals surface area contributed by atoms with Crippen LogP contribution in [0.5, 0.6) is 0 Å². The van der Waals surface area contributed by atoms with E-state index in [9.17, 15) is 9.59 Å². The Morgan fingerprint density at radius 2 is 1.07 bits per heavy atom. The van der Waals surface area contributed by atoms with Crippen molar-refractivity contribution < 1.29 is 19.1 Å². The highest BCUT2D eigenvalue weighted by Gasteiger charge is 2.24. The maximum Gasteiger partial charge on any atom is 0.363 e. The van der Waals surface area contributed by atoms with Gasteiger partial charge in [-0.25, -0.2) is 19.6 Å². The van der Waals surface area contributed by atoms with Gasteiger partial charge in [0.2, 0.25) is 11.8 Å². The molecule has 0 radical (unpaired) electrons. The first-order chi connectivity index (χ1) is 14.2. The molecule has 6 nitrogen and oxygen atoms in total. The van der Waals surface area contributed by atoms with Gasteiger partial charge < -0.3 is 9.47 Å². The van der Waals surface area contributed by atoms with Crippen molar-refractivity contribution in [3.63, 3.8) is 0 Å². The maximum absolute atomic E-state index is 11.9. The molecule has 2 aliphatic heterocycles. The van der Waals surface area contributed by atoms with E-state index in [1.165, 1.54) is 0 Å². The molecule has 4 rings (SSSR count). The first-order valence-corrected chi connectivity index (χ1v) is 9.33. The summed E-state index contributed by atoms with van der Waals surface area (Å²) in [7, 11) is 0. The number of cyclic esters (lactones) is 2. The Balaban J connectivity index is 1.34. The normalized spacial score (nSPS) is 18.6. The molecule has 0 aliphatic carbocycles. The van der Waals surface area contributed by atoms with Crippen molar-refractivity contribution in [2.24, 2.45) is 9.98 Å². The zero-order valence-corrected chi connectivity index (χ0v) is 15.6. The molecule has 0 unspecified atom stereocenters. The van der Waals surface area contributed by atoms with Gasteiger partial charge in [-0.3, -0.25) is 0 Å². The molecule has 0 N–H and O–H groups in total. The molecule has 0 saturated carbocycles. The van der Waals surface area contributed by atoms with E-state index in [4.69, 9.17) is 9.47 Å². The number of carbonyl (C=O) groups is 2. The van der Waals surface area contributed by atoms with Crippen molar-refractivity contribution >= 4 is 23.7 Å². The second-order valence-electron chi connectivity index (χ2n) is 6.45. The van der Waals surface area contributed by atoms with E-state index in [1.54, 1.807) is 12.2 Å². The smallest absolute Gasteiger partial charge is 0.363 e.